The Morgan fingerprint density at radius 1 is 1.00 bits per heavy atom. The summed E-state index contributed by atoms with van der Waals surface area (Å²) in [6, 6.07) is 11.2. The van der Waals surface area contributed by atoms with Crippen LogP contribution in [0.5, 0.6) is 11.5 Å². The number of nitrogens with zero attached hydrogens (tertiary/aromatic N) is 3. The number of aromatic amines is 1. The minimum Gasteiger partial charge on any atom is -0.493 e. The molecule has 2 bridgehead atoms. The normalized spacial score (nSPS) is 29.0. The second kappa shape index (κ2) is 11.5. The first-order valence-corrected chi connectivity index (χ1v) is 17.5. The van der Waals surface area contributed by atoms with Crippen molar-refractivity contribution in [2.75, 3.05) is 31.7 Å². The number of fused-ring (bicyclic) bond motifs is 9. The quantitative estimate of drug-likeness (QED) is 0.218. The molecule has 0 spiro atoms. The van der Waals surface area contributed by atoms with Gasteiger partial charge in [-0.3, -0.25) is 34.2 Å². The molecule has 2 aliphatic carbocycles. The van der Waals surface area contributed by atoms with Crippen molar-refractivity contribution in [1.29, 1.82) is 0 Å². The van der Waals surface area contributed by atoms with E-state index in [2.05, 4.69) is 4.98 Å². The number of piperidine rings is 1. The number of hydrogen-bond donors (Lipinski definition) is 1. The van der Waals surface area contributed by atoms with Crippen LogP contribution in [0.25, 0.3) is 0 Å². The molecule has 1 aromatic heterocycles. The molecular formula is C33H32N4O8S2. The summed E-state index contributed by atoms with van der Waals surface area (Å²) in [5.74, 6) is -1.03. The third kappa shape index (κ3) is 4.78. The van der Waals surface area contributed by atoms with Gasteiger partial charge < -0.3 is 19.4 Å². The summed E-state index contributed by atoms with van der Waals surface area (Å²) in [6.07, 6.45) is 3.86. The second-order valence-electron chi connectivity index (χ2n) is 12.9. The molecule has 2 aromatic carbocycles. The van der Waals surface area contributed by atoms with Crippen molar-refractivity contribution in [2.45, 2.75) is 41.9 Å². The molecule has 4 fully saturated rings. The Morgan fingerprint density at radius 2 is 1.72 bits per heavy atom. The number of carbonyl (C=O) groups is 3. The fourth-order valence-corrected chi connectivity index (χ4v) is 11.6. The van der Waals surface area contributed by atoms with Crippen molar-refractivity contribution in [3.05, 3.63) is 72.7 Å². The minimum absolute atomic E-state index is 0.00152. The Balaban J connectivity index is 1.10. The van der Waals surface area contributed by atoms with Crippen LogP contribution >= 0.6 is 23.1 Å². The van der Waals surface area contributed by atoms with E-state index >= 15 is 0 Å². The van der Waals surface area contributed by atoms with Crippen LogP contribution in [0.2, 0.25) is 0 Å². The van der Waals surface area contributed by atoms with Crippen LogP contribution in [0, 0.1) is 39.7 Å². The number of anilines is 1. The maximum atomic E-state index is 14.0. The van der Waals surface area contributed by atoms with Crippen LogP contribution in [-0.2, 0) is 14.4 Å². The number of non-ortho nitro benzene ring substituents is 1. The Bertz CT molecular complexity index is 1850. The fourth-order valence-electron chi connectivity index (χ4n) is 8.74. The van der Waals surface area contributed by atoms with Crippen LogP contribution < -0.4 is 19.2 Å². The van der Waals surface area contributed by atoms with E-state index in [1.165, 1.54) is 40.5 Å². The molecule has 0 radical (unpaired) electrons. The van der Waals surface area contributed by atoms with Crippen molar-refractivity contribution in [3.8, 4) is 11.5 Å². The number of amides is 3. The fraction of sp³-hybridized carbons (Fsp3) is 0.455. The summed E-state index contributed by atoms with van der Waals surface area (Å²) in [5.41, 5.74) is 1.14. The summed E-state index contributed by atoms with van der Waals surface area (Å²) in [4.78, 5) is 70.8. The third-order valence-corrected chi connectivity index (χ3v) is 13.2. The van der Waals surface area contributed by atoms with Gasteiger partial charge in [0.1, 0.15) is 0 Å². The van der Waals surface area contributed by atoms with Gasteiger partial charge in [-0.25, -0.2) is 0 Å². The number of benzene rings is 2. The van der Waals surface area contributed by atoms with Gasteiger partial charge in [0.2, 0.25) is 11.8 Å². The van der Waals surface area contributed by atoms with Crippen molar-refractivity contribution in [2.24, 2.45) is 29.6 Å². The predicted octanol–water partition coefficient (Wildman–Crippen LogP) is 4.42. The molecule has 4 unspecified atom stereocenters. The van der Waals surface area contributed by atoms with Gasteiger partial charge in [-0.1, -0.05) is 17.4 Å². The summed E-state index contributed by atoms with van der Waals surface area (Å²) in [6.45, 7) is 1.40. The summed E-state index contributed by atoms with van der Waals surface area (Å²) >= 11 is 2.78. The molecule has 4 heterocycles. The van der Waals surface area contributed by atoms with E-state index in [-0.39, 0.29) is 63.8 Å². The highest BCUT2D eigenvalue weighted by molar-refractivity contribution is 8.00. The van der Waals surface area contributed by atoms with Crippen molar-refractivity contribution < 1.29 is 28.8 Å². The van der Waals surface area contributed by atoms with E-state index in [0.717, 1.165) is 54.2 Å². The molecule has 7 atom stereocenters. The smallest absolute Gasteiger partial charge is 0.305 e. The lowest BCUT2D eigenvalue weighted by Crippen LogP contribution is -2.42. The third-order valence-electron chi connectivity index (χ3n) is 10.6. The number of nitro benzene ring substituents is 1. The number of thioether (sulfide) groups is 1. The number of imide groups is 1. The van der Waals surface area contributed by atoms with E-state index in [1.54, 1.807) is 24.9 Å². The Labute approximate surface area is 277 Å². The largest absolute Gasteiger partial charge is 0.493 e. The highest BCUT2D eigenvalue weighted by Gasteiger charge is 2.69. The number of nitro groups is 1. The maximum absolute atomic E-state index is 14.0. The van der Waals surface area contributed by atoms with Crippen LogP contribution in [0.15, 0.2) is 52.3 Å². The maximum Gasteiger partial charge on any atom is 0.305 e. The number of carbonyl (C=O) groups excluding carboxylic acids is 3. The molecule has 5 aliphatic rings. The number of rotatable bonds is 7. The molecule has 1 N–H and O–H groups in total. The lowest BCUT2D eigenvalue weighted by molar-refractivity contribution is -0.384. The van der Waals surface area contributed by atoms with E-state index < -0.39 is 16.8 Å². The molecule has 8 rings (SSSR count). The van der Waals surface area contributed by atoms with E-state index in [9.17, 15) is 29.3 Å². The van der Waals surface area contributed by atoms with Gasteiger partial charge in [-0.05, 0) is 73.3 Å². The minimum atomic E-state index is -0.514. The number of thiazole rings is 1. The highest BCUT2D eigenvalue weighted by Crippen LogP contribution is 2.68. The highest BCUT2D eigenvalue weighted by atomic mass is 32.2. The molecule has 2 saturated carbocycles. The average molecular weight is 677 g/mol. The Kier molecular flexibility index (Phi) is 7.39. The number of aromatic nitrogens is 1. The van der Waals surface area contributed by atoms with Gasteiger partial charge in [0.25, 0.3) is 11.6 Å². The van der Waals surface area contributed by atoms with Crippen LogP contribution in [-0.4, -0.2) is 64.6 Å². The first kappa shape index (κ1) is 30.2. The van der Waals surface area contributed by atoms with Crippen molar-refractivity contribution in [1.82, 2.24) is 9.88 Å². The molecule has 3 amide bonds. The molecule has 3 aromatic rings. The van der Waals surface area contributed by atoms with E-state index in [0.29, 0.717) is 17.2 Å². The number of likely N-dealkylation sites (tertiary alicyclic amines) is 1. The molecule has 14 heteroatoms. The number of ether oxygens (including phenoxy) is 2. The van der Waals surface area contributed by atoms with Gasteiger partial charge in [-0.15, -0.1) is 11.8 Å². The standard InChI is InChI=1S/C33H32N4O8S2/c1-44-22-13-16(5-10-21(22)45-15-23(38)35-11-3-2-4-12-35)24-25-19-14-20(28(25)46-30-29(24)47-33(41)34-30)27-26(19)31(39)36(32(27)40)17-6-8-18(9-7-17)37(42)43/h5-10,13,19-20,24-28H,2-4,11-12,14-15H2,1H3,(H,34,41)/t19-,20-,24-,25?,26?,27?,28?/m1/s1. The first-order valence-electron chi connectivity index (χ1n) is 15.9. The zero-order chi connectivity index (χ0) is 32.6. The summed E-state index contributed by atoms with van der Waals surface area (Å²) < 4.78 is 11.7. The molecular weight excluding hydrogens is 645 g/mol. The van der Waals surface area contributed by atoms with Crippen molar-refractivity contribution >= 4 is 52.2 Å². The lowest BCUT2D eigenvalue weighted by Gasteiger charge is -2.43. The zero-order valence-electron chi connectivity index (χ0n) is 25.5. The van der Waals surface area contributed by atoms with Gasteiger partial charge >= 0.3 is 4.87 Å². The molecule has 244 valence electrons. The first-order chi connectivity index (χ1) is 22.7. The monoisotopic (exact) mass is 676 g/mol. The molecule has 47 heavy (non-hydrogen) atoms. The topological polar surface area (TPSA) is 152 Å². The molecule has 12 nitrogen and oxygen atoms in total. The SMILES string of the molecule is COc1cc([C@H]2c3sc(=O)[nH]c3SC3C2[C@H]2C[C@@H]3C3C(=O)N(c4ccc([N+](=O)[O-])cc4)C(=O)C32)ccc1OCC(=O)N1CCCCC1. The van der Waals surface area contributed by atoms with E-state index in [4.69, 9.17) is 9.47 Å². The number of methoxy groups -OCH3 is 1. The number of nitrogens with one attached hydrogen (secondary N) is 1. The number of H-pyrrole nitrogens is 1. The average Bonchev–Trinajstić information content (AvgIpc) is 3.82. The second-order valence-corrected chi connectivity index (χ2v) is 15.1. The molecule has 2 saturated heterocycles. The van der Waals surface area contributed by atoms with E-state index in [1.807, 2.05) is 17.0 Å². The van der Waals surface area contributed by atoms with Crippen molar-refractivity contribution in [3.63, 3.8) is 0 Å². The number of hydrogen-bond acceptors (Lipinski definition) is 10. The van der Waals surface area contributed by atoms with Gasteiger partial charge in [0.05, 0.1) is 34.6 Å². The Hall–Kier alpha value is -4.17. The predicted molar refractivity (Wildman–Crippen MR) is 173 cm³/mol. The van der Waals surface area contributed by atoms with Crippen LogP contribution in [0.4, 0.5) is 11.4 Å². The summed E-state index contributed by atoms with van der Waals surface area (Å²) in [5, 5.41) is 12.0. The zero-order valence-corrected chi connectivity index (χ0v) is 27.1. The summed E-state index contributed by atoms with van der Waals surface area (Å²) in [7, 11) is 1.55. The lowest BCUT2D eigenvalue weighted by atomic mass is 9.68. The van der Waals surface area contributed by atoms with Gasteiger partial charge in [0, 0.05) is 41.3 Å². The van der Waals surface area contributed by atoms with Gasteiger partial charge in [0.15, 0.2) is 18.1 Å². The molecule has 3 aliphatic heterocycles. The Morgan fingerprint density at radius 3 is 2.43 bits per heavy atom. The van der Waals surface area contributed by atoms with Crippen LogP contribution in [0.1, 0.15) is 42.0 Å². The van der Waals surface area contributed by atoms with Gasteiger partial charge in [-0.2, -0.15) is 0 Å². The van der Waals surface area contributed by atoms with Crippen LogP contribution in [0.3, 0.4) is 0 Å².